The second kappa shape index (κ2) is 4.96. The van der Waals surface area contributed by atoms with Crippen molar-refractivity contribution in [2.45, 2.75) is 18.9 Å². The fraction of sp³-hybridized carbons (Fsp3) is 0.250. The van der Waals surface area contributed by atoms with Gasteiger partial charge in [-0.15, -0.1) is 0 Å². The van der Waals surface area contributed by atoms with Gasteiger partial charge >= 0.3 is 0 Å². The highest BCUT2D eigenvalue weighted by Gasteiger charge is 2.24. The van der Waals surface area contributed by atoms with Gasteiger partial charge in [0, 0.05) is 17.7 Å². The normalized spacial score (nSPS) is 17.1. The largest absolute Gasteiger partial charge is 0.508 e. The predicted molar refractivity (Wildman–Crippen MR) is 74.5 cm³/mol. The van der Waals surface area contributed by atoms with Crippen molar-refractivity contribution in [3.05, 3.63) is 47.5 Å². The van der Waals surface area contributed by atoms with Gasteiger partial charge in [-0.25, -0.2) is 0 Å². The van der Waals surface area contributed by atoms with Crippen molar-refractivity contribution in [1.29, 1.82) is 0 Å². The lowest BCUT2D eigenvalue weighted by atomic mass is 9.96. The lowest BCUT2D eigenvalue weighted by Crippen LogP contribution is -2.15. The Morgan fingerprint density at radius 2 is 1.85 bits per heavy atom. The summed E-state index contributed by atoms with van der Waals surface area (Å²) >= 11 is 0. The Bertz CT molecular complexity index is 619. The van der Waals surface area contributed by atoms with Crippen LogP contribution < -0.4 is 9.47 Å². The van der Waals surface area contributed by atoms with Crippen LogP contribution in [0.2, 0.25) is 0 Å². The van der Waals surface area contributed by atoms with Gasteiger partial charge in [0.05, 0.1) is 7.11 Å². The van der Waals surface area contributed by atoms with Crippen LogP contribution in [0.3, 0.4) is 0 Å². The number of hydrogen-bond acceptors (Lipinski definition) is 4. The van der Waals surface area contributed by atoms with E-state index in [0.29, 0.717) is 11.5 Å². The highest BCUT2D eigenvalue weighted by Crippen LogP contribution is 2.42. The fourth-order valence-electron chi connectivity index (χ4n) is 2.55. The summed E-state index contributed by atoms with van der Waals surface area (Å²) in [6.45, 7) is 0. The standard InChI is InChI=1S/C16H16O4/c1-19-15-8-12(18)9-16-13(15)6-7-14(20-16)10-2-4-11(17)5-3-10/h2-5,8-9,14,17-18H,6-7H2,1H3/t14-/m0/s1. The third-order valence-electron chi connectivity index (χ3n) is 3.56. The van der Waals surface area contributed by atoms with E-state index in [0.717, 1.165) is 24.0 Å². The number of fused-ring (bicyclic) bond motifs is 1. The van der Waals surface area contributed by atoms with E-state index >= 15 is 0 Å². The number of rotatable bonds is 2. The Balaban J connectivity index is 1.92. The first kappa shape index (κ1) is 12.7. The zero-order valence-corrected chi connectivity index (χ0v) is 11.2. The molecule has 0 aromatic heterocycles. The number of methoxy groups -OCH3 is 1. The van der Waals surface area contributed by atoms with Crippen LogP contribution in [0.15, 0.2) is 36.4 Å². The van der Waals surface area contributed by atoms with E-state index in [-0.39, 0.29) is 17.6 Å². The quantitative estimate of drug-likeness (QED) is 0.881. The molecule has 1 atom stereocenters. The van der Waals surface area contributed by atoms with Crippen LogP contribution in [0.4, 0.5) is 0 Å². The fourth-order valence-corrected chi connectivity index (χ4v) is 2.55. The van der Waals surface area contributed by atoms with E-state index in [1.165, 1.54) is 0 Å². The molecule has 2 N–H and O–H groups in total. The molecule has 0 radical (unpaired) electrons. The van der Waals surface area contributed by atoms with Crippen LogP contribution in [0.5, 0.6) is 23.0 Å². The number of ether oxygens (including phenoxy) is 2. The number of phenolic OH excluding ortho intramolecular Hbond substituents is 2. The number of benzene rings is 2. The van der Waals surface area contributed by atoms with Gasteiger partial charge in [-0.05, 0) is 30.5 Å². The summed E-state index contributed by atoms with van der Waals surface area (Å²) in [6.07, 6.45) is 1.58. The molecule has 0 saturated heterocycles. The lowest BCUT2D eigenvalue weighted by molar-refractivity contribution is 0.173. The number of aromatic hydroxyl groups is 2. The zero-order valence-electron chi connectivity index (χ0n) is 11.2. The van der Waals surface area contributed by atoms with Gasteiger partial charge in [0.15, 0.2) is 0 Å². The molecule has 0 bridgehead atoms. The molecule has 1 aliphatic rings. The second-order valence-electron chi connectivity index (χ2n) is 4.86. The second-order valence-corrected chi connectivity index (χ2v) is 4.86. The highest BCUT2D eigenvalue weighted by atomic mass is 16.5. The van der Waals surface area contributed by atoms with E-state index in [2.05, 4.69) is 0 Å². The molecule has 0 amide bonds. The van der Waals surface area contributed by atoms with Gasteiger partial charge in [-0.1, -0.05) is 12.1 Å². The monoisotopic (exact) mass is 272 g/mol. The SMILES string of the molecule is COc1cc(O)cc2c1CC[C@@H](c1ccc(O)cc1)O2. The number of phenols is 2. The molecule has 3 rings (SSSR count). The van der Waals surface area contributed by atoms with E-state index in [1.807, 2.05) is 12.1 Å². The minimum atomic E-state index is -0.0744. The maximum absolute atomic E-state index is 9.70. The smallest absolute Gasteiger partial charge is 0.130 e. The molecule has 0 fully saturated rings. The van der Waals surface area contributed by atoms with Gasteiger partial charge in [0.1, 0.15) is 29.1 Å². The Morgan fingerprint density at radius 3 is 2.55 bits per heavy atom. The maximum Gasteiger partial charge on any atom is 0.130 e. The van der Waals surface area contributed by atoms with E-state index in [1.54, 1.807) is 31.4 Å². The lowest BCUT2D eigenvalue weighted by Gasteiger charge is -2.27. The molecule has 4 nitrogen and oxygen atoms in total. The van der Waals surface area contributed by atoms with Crippen molar-refractivity contribution in [3.8, 4) is 23.0 Å². The third kappa shape index (κ3) is 2.25. The van der Waals surface area contributed by atoms with E-state index < -0.39 is 0 Å². The van der Waals surface area contributed by atoms with Gasteiger partial charge in [0.2, 0.25) is 0 Å². The van der Waals surface area contributed by atoms with Crippen molar-refractivity contribution in [1.82, 2.24) is 0 Å². The topological polar surface area (TPSA) is 58.9 Å². The van der Waals surface area contributed by atoms with Crippen molar-refractivity contribution in [2.75, 3.05) is 7.11 Å². The summed E-state index contributed by atoms with van der Waals surface area (Å²) in [6, 6.07) is 10.2. The average Bonchev–Trinajstić information content (AvgIpc) is 2.46. The summed E-state index contributed by atoms with van der Waals surface area (Å²) in [7, 11) is 1.58. The van der Waals surface area contributed by atoms with Crippen LogP contribution in [-0.4, -0.2) is 17.3 Å². The first-order chi connectivity index (χ1) is 9.67. The average molecular weight is 272 g/mol. The molecule has 2 aromatic carbocycles. The molecule has 20 heavy (non-hydrogen) atoms. The van der Waals surface area contributed by atoms with Crippen molar-refractivity contribution in [2.24, 2.45) is 0 Å². The van der Waals surface area contributed by atoms with Crippen LogP contribution in [0, 0.1) is 0 Å². The van der Waals surface area contributed by atoms with Crippen molar-refractivity contribution < 1.29 is 19.7 Å². The molecule has 104 valence electrons. The molecule has 1 aliphatic heterocycles. The Kier molecular flexibility index (Phi) is 3.14. The van der Waals surface area contributed by atoms with Crippen LogP contribution >= 0.6 is 0 Å². The summed E-state index contributed by atoms with van der Waals surface area (Å²) < 4.78 is 11.2. The maximum atomic E-state index is 9.70. The Morgan fingerprint density at radius 1 is 1.10 bits per heavy atom. The van der Waals surface area contributed by atoms with Crippen molar-refractivity contribution in [3.63, 3.8) is 0 Å². The molecule has 4 heteroatoms. The molecule has 0 aliphatic carbocycles. The molecular weight excluding hydrogens is 256 g/mol. The molecule has 1 heterocycles. The predicted octanol–water partition coefficient (Wildman–Crippen LogP) is 3.17. The molecule has 0 saturated carbocycles. The Labute approximate surface area is 117 Å². The van der Waals surface area contributed by atoms with Crippen LogP contribution in [-0.2, 0) is 6.42 Å². The third-order valence-corrected chi connectivity index (χ3v) is 3.56. The number of hydrogen-bond donors (Lipinski definition) is 2. The van der Waals surface area contributed by atoms with Crippen LogP contribution in [0.25, 0.3) is 0 Å². The van der Waals surface area contributed by atoms with E-state index in [9.17, 15) is 10.2 Å². The first-order valence-corrected chi connectivity index (χ1v) is 6.53. The zero-order chi connectivity index (χ0) is 14.1. The van der Waals surface area contributed by atoms with Crippen molar-refractivity contribution >= 4 is 0 Å². The Hall–Kier alpha value is -2.36. The van der Waals surface area contributed by atoms with Gasteiger partial charge in [0.25, 0.3) is 0 Å². The highest BCUT2D eigenvalue weighted by molar-refractivity contribution is 5.51. The van der Waals surface area contributed by atoms with Gasteiger partial charge in [-0.2, -0.15) is 0 Å². The van der Waals surface area contributed by atoms with Crippen LogP contribution in [0.1, 0.15) is 23.7 Å². The summed E-state index contributed by atoms with van der Waals surface area (Å²) in [5, 5.41) is 19.0. The van der Waals surface area contributed by atoms with Gasteiger partial charge in [-0.3, -0.25) is 0 Å². The summed E-state index contributed by atoms with van der Waals surface area (Å²) in [5.41, 5.74) is 2.00. The van der Waals surface area contributed by atoms with Gasteiger partial charge < -0.3 is 19.7 Å². The minimum Gasteiger partial charge on any atom is -0.508 e. The first-order valence-electron chi connectivity index (χ1n) is 6.53. The summed E-state index contributed by atoms with van der Waals surface area (Å²) in [5.74, 6) is 1.69. The molecule has 0 unspecified atom stereocenters. The molecular formula is C16H16O4. The molecule has 0 spiro atoms. The molecule has 2 aromatic rings. The van der Waals surface area contributed by atoms with E-state index in [4.69, 9.17) is 9.47 Å². The summed E-state index contributed by atoms with van der Waals surface area (Å²) in [4.78, 5) is 0. The minimum absolute atomic E-state index is 0.0744.